The van der Waals surface area contributed by atoms with Crippen LogP contribution in [0, 0.1) is 0 Å². The van der Waals surface area contributed by atoms with Crippen molar-refractivity contribution in [1.82, 2.24) is 0 Å². The van der Waals surface area contributed by atoms with Crippen LogP contribution in [0.1, 0.15) is 33.2 Å². The number of ether oxygens (including phenoxy) is 1. The van der Waals surface area contributed by atoms with Crippen molar-refractivity contribution in [3.8, 4) is 5.75 Å². The van der Waals surface area contributed by atoms with E-state index in [-0.39, 0.29) is 21.9 Å². The van der Waals surface area contributed by atoms with Gasteiger partial charge >= 0.3 is 5.97 Å². The standard InChI is InChI=1S/C16H13ClO4/c1-2-21-14-6-4-3-5-12(14)15(18)11-8-7-10(16(19)20)9-13(11)17/h3-9H,2H2,1H3,(H,19,20). The fourth-order valence-electron chi connectivity index (χ4n) is 1.91. The zero-order valence-electron chi connectivity index (χ0n) is 11.3. The van der Waals surface area contributed by atoms with Crippen molar-refractivity contribution in [2.24, 2.45) is 0 Å². The van der Waals surface area contributed by atoms with E-state index in [4.69, 9.17) is 21.4 Å². The van der Waals surface area contributed by atoms with Crippen LogP contribution >= 0.6 is 11.6 Å². The van der Waals surface area contributed by atoms with Crippen LogP contribution < -0.4 is 4.74 Å². The second-order valence-electron chi connectivity index (χ2n) is 4.26. The zero-order valence-corrected chi connectivity index (χ0v) is 12.1. The molecule has 0 unspecified atom stereocenters. The summed E-state index contributed by atoms with van der Waals surface area (Å²) in [5.74, 6) is -0.921. The summed E-state index contributed by atoms with van der Waals surface area (Å²) in [4.78, 5) is 23.4. The number of carboxylic acid groups (broad SMARTS) is 1. The largest absolute Gasteiger partial charge is 0.493 e. The minimum atomic E-state index is -1.09. The van der Waals surface area contributed by atoms with Crippen molar-refractivity contribution in [3.05, 3.63) is 64.2 Å². The first-order valence-electron chi connectivity index (χ1n) is 6.34. The van der Waals surface area contributed by atoms with E-state index in [0.717, 1.165) is 0 Å². The van der Waals surface area contributed by atoms with Gasteiger partial charge in [-0.15, -0.1) is 0 Å². The van der Waals surface area contributed by atoms with Gasteiger partial charge in [0.1, 0.15) is 5.75 Å². The molecule has 108 valence electrons. The molecule has 0 saturated heterocycles. The van der Waals surface area contributed by atoms with E-state index in [1.54, 1.807) is 24.3 Å². The first-order valence-corrected chi connectivity index (χ1v) is 6.71. The molecule has 0 aromatic heterocycles. The molecule has 2 aromatic carbocycles. The van der Waals surface area contributed by atoms with E-state index < -0.39 is 5.97 Å². The number of halogens is 1. The number of carboxylic acids is 1. The van der Waals surface area contributed by atoms with Crippen LogP contribution in [0.4, 0.5) is 0 Å². The van der Waals surface area contributed by atoms with Gasteiger partial charge in [-0.05, 0) is 37.3 Å². The molecule has 0 aliphatic carbocycles. The lowest BCUT2D eigenvalue weighted by Gasteiger charge is -2.10. The number of carbonyl (C=O) groups is 2. The predicted molar refractivity (Wildman–Crippen MR) is 79.5 cm³/mol. The SMILES string of the molecule is CCOc1ccccc1C(=O)c1ccc(C(=O)O)cc1Cl. The van der Waals surface area contributed by atoms with Crippen LogP contribution in [0.15, 0.2) is 42.5 Å². The highest BCUT2D eigenvalue weighted by molar-refractivity contribution is 6.35. The number of benzene rings is 2. The molecule has 0 spiro atoms. The molecule has 21 heavy (non-hydrogen) atoms. The molecule has 1 N–H and O–H groups in total. The summed E-state index contributed by atoms with van der Waals surface area (Å²) in [5, 5.41) is 9.01. The molecule has 0 bridgehead atoms. The molecule has 0 aliphatic rings. The highest BCUT2D eigenvalue weighted by Gasteiger charge is 2.18. The Morgan fingerprint density at radius 3 is 2.48 bits per heavy atom. The van der Waals surface area contributed by atoms with Gasteiger partial charge in [-0.2, -0.15) is 0 Å². The van der Waals surface area contributed by atoms with E-state index >= 15 is 0 Å². The Balaban J connectivity index is 2.43. The van der Waals surface area contributed by atoms with Crippen molar-refractivity contribution in [2.45, 2.75) is 6.92 Å². The van der Waals surface area contributed by atoms with Crippen LogP contribution in [0.25, 0.3) is 0 Å². The first kappa shape index (κ1) is 15.1. The third-order valence-corrected chi connectivity index (χ3v) is 3.20. The third-order valence-electron chi connectivity index (χ3n) is 2.89. The van der Waals surface area contributed by atoms with Gasteiger partial charge in [0.05, 0.1) is 22.8 Å². The normalized spacial score (nSPS) is 10.2. The van der Waals surface area contributed by atoms with Crippen LogP contribution in [-0.2, 0) is 0 Å². The van der Waals surface area contributed by atoms with Gasteiger partial charge < -0.3 is 9.84 Å². The average Bonchev–Trinajstić information content (AvgIpc) is 2.47. The summed E-state index contributed by atoms with van der Waals surface area (Å²) in [7, 11) is 0. The van der Waals surface area contributed by atoms with Crippen molar-refractivity contribution < 1.29 is 19.4 Å². The Morgan fingerprint density at radius 2 is 1.86 bits per heavy atom. The maximum atomic E-state index is 12.5. The number of ketones is 1. The van der Waals surface area contributed by atoms with Crippen molar-refractivity contribution >= 4 is 23.4 Å². The van der Waals surface area contributed by atoms with Crippen LogP contribution in [0.2, 0.25) is 5.02 Å². The number of aromatic carboxylic acids is 1. The topological polar surface area (TPSA) is 63.6 Å². The van der Waals surface area contributed by atoms with Gasteiger partial charge in [0, 0.05) is 5.56 Å². The summed E-state index contributed by atoms with van der Waals surface area (Å²) in [6.45, 7) is 2.27. The number of carbonyl (C=O) groups excluding carboxylic acids is 1. The molecule has 0 radical (unpaired) electrons. The van der Waals surface area contributed by atoms with Gasteiger partial charge in [0.15, 0.2) is 5.78 Å². The molecule has 0 heterocycles. The lowest BCUT2D eigenvalue weighted by Crippen LogP contribution is -2.07. The van der Waals surface area contributed by atoms with Gasteiger partial charge in [-0.25, -0.2) is 4.79 Å². The van der Waals surface area contributed by atoms with Crippen LogP contribution in [0.3, 0.4) is 0 Å². The third kappa shape index (κ3) is 3.23. The summed E-state index contributed by atoms with van der Waals surface area (Å²) in [6.07, 6.45) is 0. The molecule has 0 aliphatic heterocycles. The molecule has 0 fully saturated rings. The molecule has 2 aromatic rings. The highest BCUT2D eigenvalue weighted by atomic mass is 35.5. The van der Waals surface area contributed by atoms with Gasteiger partial charge in [-0.1, -0.05) is 23.7 Å². The fraction of sp³-hybridized carbons (Fsp3) is 0.125. The Kier molecular flexibility index (Phi) is 4.60. The highest BCUT2D eigenvalue weighted by Crippen LogP contribution is 2.26. The molecule has 2 rings (SSSR count). The molecule has 0 amide bonds. The molecular formula is C16H13ClO4. The second-order valence-corrected chi connectivity index (χ2v) is 4.67. The van der Waals surface area contributed by atoms with Crippen LogP contribution in [0.5, 0.6) is 5.75 Å². The zero-order chi connectivity index (χ0) is 15.4. The van der Waals surface area contributed by atoms with Crippen molar-refractivity contribution in [1.29, 1.82) is 0 Å². The van der Waals surface area contributed by atoms with Crippen molar-refractivity contribution in [2.75, 3.05) is 6.61 Å². The molecule has 0 atom stereocenters. The second kappa shape index (κ2) is 6.41. The molecule has 4 nitrogen and oxygen atoms in total. The van der Waals surface area contributed by atoms with E-state index in [9.17, 15) is 9.59 Å². The number of hydrogen-bond donors (Lipinski definition) is 1. The van der Waals surface area contributed by atoms with E-state index in [0.29, 0.717) is 17.9 Å². The monoisotopic (exact) mass is 304 g/mol. The minimum absolute atomic E-state index is 0.0367. The van der Waals surface area contributed by atoms with Gasteiger partial charge in [-0.3, -0.25) is 4.79 Å². The van der Waals surface area contributed by atoms with E-state index in [1.807, 2.05) is 6.92 Å². The first-order chi connectivity index (χ1) is 10.0. The Morgan fingerprint density at radius 1 is 1.14 bits per heavy atom. The summed E-state index contributed by atoms with van der Waals surface area (Å²) in [5.41, 5.74) is 0.674. The van der Waals surface area contributed by atoms with Gasteiger partial charge in [0.2, 0.25) is 0 Å². The average molecular weight is 305 g/mol. The molecular weight excluding hydrogens is 292 g/mol. The smallest absolute Gasteiger partial charge is 0.335 e. The Labute approximate surface area is 126 Å². The maximum absolute atomic E-state index is 12.5. The van der Waals surface area contributed by atoms with E-state index in [1.165, 1.54) is 18.2 Å². The lowest BCUT2D eigenvalue weighted by atomic mass is 10.0. The summed E-state index contributed by atoms with van der Waals surface area (Å²) in [6, 6.07) is 10.9. The maximum Gasteiger partial charge on any atom is 0.335 e. The van der Waals surface area contributed by atoms with Crippen molar-refractivity contribution in [3.63, 3.8) is 0 Å². The predicted octanol–water partition coefficient (Wildman–Crippen LogP) is 3.67. The van der Waals surface area contributed by atoms with Gasteiger partial charge in [0.25, 0.3) is 0 Å². The quantitative estimate of drug-likeness (QED) is 0.856. The van der Waals surface area contributed by atoms with E-state index in [2.05, 4.69) is 0 Å². The Hall–Kier alpha value is -2.33. The fourth-order valence-corrected chi connectivity index (χ4v) is 2.18. The lowest BCUT2D eigenvalue weighted by molar-refractivity contribution is 0.0696. The minimum Gasteiger partial charge on any atom is -0.493 e. The number of rotatable bonds is 5. The molecule has 5 heteroatoms. The molecule has 0 saturated carbocycles. The summed E-state index contributed by atoms with van der Waals surface area (Å²) >= 11 is 6.02. The Bertz CT molecular complexity index is 694. The number of hydrogen-bond acceptors (Lipinski definition) is 3. The van der Waals surface area contributed by atoms with Crippen LogP contribution in [-0.4, -0.2) is 23.5 Å². The number of para-hydroxylation sites is 1. The summed E-state index contributed by atoms with van der Waals surface area (Å²) < 4.78 is 5.42.